The SMILES string of the molecule is C[C@H](C[C@H]1CC[C@H](c2ccnc3ccc(F)cc32)CC1)Nc1nc(Cl)nc2c(OC(F)(F)F)cccc12. The van der Waals surface area contributed by atoms with Gasteiger partial charge in [-0.15, -0.1) is 13.2 Å². The minimum Gasteiger partial charge on any atom is -0.403 e. The number of hydrogen-bond donors (Lipinski definition) is 1. The lowest BCUT2D eigenvalue weighted by Crippen LogP contribution is -2.23. The van der Waals surface area contributed by atoms with Gasteiger partial charge in [0.05, 0.1) is 5.52 Å². The van der Waals surface area contributed by atoms with Gasteiger partial charge in [-0.2, -0.15) is 0 Å². The van der Waals surface area contributed by atoms with Gasteiger partial charge in [-0.3, -0.25) is 4.98 Å². The molecular formula is C27H25ClF4N4O. The first-order valence-corrected chi connectivity index (χ1v) is 12.6. The van der Waals surface area contributed by atoms with Crippen molar-refractivity contribution in [3.8, 4) is 5.75 Å². The Balaban J connectivity index is 1.26. The van der Waals surface area contributed by atoms with Crippen LogP contribution in [0.1, 0.15) is 50.5 Å². The number of rotatable bonds is 6. The minimum absolute atomic E-state index is 0.00115. The van der Waals surface area contributed by atoms with E-state index in [9.17, 15) is 17.6 Å². The second kappa shape index (κ2) is 10.3. The molecule has 0 spiro atoms. The number of anilines is 1. The molecule has 4 aromatic rings. The average Bonchev–Trinajstić information content (AvgIpc) is 2.84. The maximum Gasteiger partial charge on any atom is 0.573 e. The van der Waals surface area contributed by atoms with E-state index in [1.807, 2.05) is 13.0 Å². The molecule has 0 radical (unpaired) electrons. The molecule has 194 valence electrons. The van der Waals surface area contributed by atoms with Gasteiger partial charge in [0.15, 0.2) is 5.75 Å². The lowest BCUT2D eigenvalue weighted by molar-refractivity contribution is -0.274. The van der Waals surface area contributed by atoms with Gasteiger partial charge in [0.25, 0.3) is 0 Å². The van der Waals surface area contributed by atoms with Crippen LogP contribution in [-0.2, 0) is 0 Å². The Morgan fingerprint density at radius 2 is 1.84 bits per heavy atom. The molecule has 0 unspecified atom stereocenters. The number of hydrogen-bond acceptors (Lipinski definition) is 5. The van der Waals surface area contributed by atoms with E-state index in [1.165, 1.54) is 18.2 Å². The monoisotopic (exact) mass is 532 g/mol. The van der Waals surface area contributed by atoms with Crippen molar-refractivity contribution < 1.29 is 22.3 Å². The Kier molecular flexibility index (Phi) is 7.07. The molecule has 5 nitrogen and oxygen atoms in total. The number of benzene rings is 2. The Labute approximate surface area is 216 Å². The van der Waals surface area contributed by atoms with E-state index in [-0.39, 0.29) is 22.7 Å². The first-order valence-electron chi connectivity index (χ1n) is 12.2. The van der Waals surface area contributed by atoms with Gasteiger partial charge in [0.1, 0.15) is 17.2 Å². The first kappa shape index (κ1) is 25.4. The normalized spacial score (nSPS) is 19.2. The molecule has 1 saturated carbocycles. The number of alkyl halides is 3. The van der Waals surface area contributed by atoms with Gasteiger partial charge in [0, 0.05) is 23.0 Å². The predicted molar refractivity (Wildman–Crippen MR) is 135 cm³/mol. The summed E-state index contributed by atoms with van der Waals surface area (Å²) in [6.07, 6.45) is 1.83. The van der Waals surface area contributed by atoms with Crippen molar-refractivity contribution in [3.05, 3.63) is 65.3 Å². The average molecular weight is 533 g/mol. The topological polar surface area (TPSA) is 59.9 Å². The van der Waals surface area contributed by atoms with Crippen LogP contribution in [0.4, 0.5) is 23.4 Å². The second-order valence-corrected chi connectivity index (χ2v) is 9.94. The molecule has 0 aliphatic heterocycles. The van der Waals surface area contributed by atoms with E-state index in [1.54, 1.807) is 24.4 Å². The molecule has 1 N–H and O–H groups in total. The highest BCUT2D eigenvalue weighted by Crippen LogP contribution is 2.40. The third-order valence-electron chi connectivity index (χ3n) is 6.98. The van der Waals surface area contributed by atoms with Crippen LogP contribution in [0.5, 0.6) is 5.75 Å². The van der Waals surface area contributed by atoms with Crippen molar-refractivity contribution in [1.82, 2.24) is 15.0 Å². The van der Waals surface area contributed by atoms with Gasteiger partial charge in [-0.1, -0.05) is 6.07 Å². The molecule has 1 atom stereocenters. The highest BCUT2D eigenvalue weighted by Gasteiger charge is 2.32. The summed E-state index contributed by atoms with van der Waals surface area (Å²) < 4.78 is 56.5. The molecule has 37 heavy (non-hydrogen) atoms. The number of nitrogens with one attached hydrogen (secondary N) is 1. The van der Waals surface area contributed by atoms with Crippen LogP contribution in [0.25, 0.3) is 21.8 Å². The van der Waals surface area contributed by atoms with Gasteiger partial charge < -0.3 is 10.1 Å². The third-order valence-corrected chi connectivity index (χ3v) is 7.15. The molecule has 5 rings (SSSR count). The van der Waals surface area contributed by atoms with E-state index < -0.39 is 12.1 Å². The number of halogens is 5. The van der Waals surface area contributed by atoms with Crippen molar-refractivity contribution >= 4 is 39.2 Å². The first-order chi connectivity index (χ1) is 17.7. The Morgan fingerprint density at radius 1 is 1.05 bits per heavy atom. The van der Waals surface area contributed by atoms with E-state index in [0.29, 0.717) is 23.0 Å². The molecule has 0 saturated heterocycles. The molecule has 1 fully saturated rings. The third kappa shape index (κ3) is 5.87. The zero-order valence-corrected chi connectivity index (χ0v) is 20.8. The summed E-state index contributed by atoms with van der Waals surface area (Å²) in [5, 5.41) is 4.43. The van der Waals surface area contributed by atoms with Gasteiger partial charge in [0.2, 0.25) is 5.28 Å². The highest BCUT2D eigenvalue weighted by atomic mass is 35.5. The molecule has 0 bridgehead atoms. The molecular weight excluding hydrogens is 508 g/mol. The van der Waals surface area contributed by atoms with E-state index in [0.717, 1.165) is 48.6 Å². The van der Waals surface area contributed by atoms with Crippen molar-refractivity contribution in [2.75, 3.05) is 5.32 Å². The lowest BCUT2D eigenvalue weighted by Gasteiger charge is -2.31. The quantitative estimate of drug-likeness (QED) is 0.201. The predicted octanol–water partition coefficient (Wildman–Crippen LogP) is 8.03. The number of aromatic nitrogens is 3. The van der Waals surface area contributed by atoms with Gasteiger partial charge >= 0.3 is 6.36 Å². The largest absolute Gasteiger partial charge is 0.573 e. The fourth-order valence-corrected chi connectivity index (χ4v) is 5.58. The summed E-state index contributed by atoms with van der Waals surface area (Å²) >= 11 is 6.04. The summed E-state index contributed by atoms with van der Waals surface area (Å²) in [4.78, 5) is 12.6. The molecule has 2 heterocycles. The van der Waals surface area contributed by atoms with Crippen LogP contribution >= 0.6 is 11.6 Å². The van der Waals surface area contributed by atoms with Crippen molar-refractivity contribution in [1.29, 1.82) is 0 Å². The standard InChI is InChI=1S/C27H25ClF4N4O/c1-15(34-25-20-3-2-4-23(37-27(30,31)32)24(20)35-26(28)36-25)13-16-5-7-17(8-6-16)19-11-12-33-22-10-9-18(29)14-21(19)22/h2-4,9-12,14-17H,5-8,13H2,1H3,(H,34,35,36)/t15-,16-,17-/m1/s1. The lowest BCUT2D eigenvalue weighted by atomic mass is 9.76. The van der Waals surface area contributed by atoms with Gasteiger partial charge in [-0.05, 0) is 104 Å². The summed E-state index contributed by atoms with van der Waals surface area (Å²) in [5.41, 5.74) is 1.95. The molecule has 2 aromatic carbocycles. The van der Waals surface area contributed by atoms with E-state index in [4.69, 9.17) is 11.6 Å². The smallest absolute Gasteiger partial charge is 0.403 e. The van der Waals surface area contributed by atoms with Gasteiger partial charge in [-0.25, -0.2) is 14.4 Å². The van der Waals surface area contributed by atoms with E-state index >= 15 is 0 Å². The molecule has 2 aromatic heterocycles. The van der Waals surface area contributed by atoms with Crippen LogP contribution in [0, 0.1) is 11.7 Å². The molecule has 0 amide bonds. The maximum absolute atomic E-state index is 13.9. The zero-order chi connectivity index (χ0) is 26.2. The minimum atomic E-state index is -4.85. The number of ether oxygens (including phenoxy) is 1. The summed E-state index contributed by atoms with van der Waals surface area (Å²) in [6.45, 7) is 2.02. The van der Waals surface area contributed by atoms with Crippen LogP contribution in [0.15, 0.2) is 48.7 Å². The number of fused-ring (bicyclic) bond motifs is 2. The van der Waals surface area contributed by atoms with Crippen LogP contribution in [-0.4, -0.2) is 27.4 Å². The fraction of sp³-hybridized carbons (Fsp3) is 0.370. The zero-order valence-electron chi connectivity index (χ0n) is 20.0. The Morgan fingerprint density at radius 3 is 2.59 bits per heavy atom. The summed E-state index contributed by atoms with van der Waals surface area (Å²) in [7, 11) is 0. The summed E-state index contributed by atoms with van der Waals surface area (Å²) in [6, 6.07) is 11.0. The Bertz CT molecular complexity index is 1420. The van der Waals surface area contributed by atoms with Crippen molar-refractivity contribution in [2.24, 2.45) is 5.92 Å². The molecule has 1 aliphatic rings. The molecule has 10 heteroatoms. The van der Waals surface area contributed by atoms with Crippen LogP contribution < -0.4 is 10.1 Å². The number of nitrogens with zero attached hydrogens (tertiary/aromatic N) is 3. The second-order valence-electron chi connectivity index (χ2n) is 9.60. The highest BCUT2D eigenvalue weighted by molar-refractivity contribution is 6.29. The molecule has 1 aliphatic carbocycles. The van der Waals surface area contributed by atoms with Crippen molar-refractivity contribution in [3.63, 3.8) is 0 Å². The Hall–Kier alpha value is -3.20. The fourth-order valence-electron chi connectivity index (χ4n) is 5.41. The van der Waals surface area contributed by atoms with Crippen molar-refractivity contribution in [2.45, 2.75) is 57.3 Å². The van der Waals surface area contributed by atoms with E-state index in [2.05, 4.69) is 25.0 Å². The van der Waals surface area contributed by atoms with Crippen LogP contribution in [0.3, 0.4) is 0 Å². The number of pyridine rings is 1. The van der Waals surface area contributed by atoms with Crippen LogP contribution in [0.2, 0.25) is 5.28 Å². The maximum atomic E-state index is 13.9. The number of para-hydroxylation sites is 1. The summed E-state index contributed by atoms with van der Waals surface area (Å²) in [5.74, 6) is 0.505.